The zero-order valence-electron chi connectivity index (χ0n) is 8.77. The Kier molecular flexibility index (Phi) is 4.66. The third kappa shape index (κ3) is 3.82. The Balaban J connectivity index is 2.57. The molecule has 0 radical (unpaired) electrons. The molecule has 1 rings (SSSR count). The summed E-state index contributed by atoms with van der Waals surface area (Å²) in [6.07, 6.45) is 2.40. The van der Waals surface area contributed by atoms with Crippen LogP contribution in [0.25, 0.3) is 0 Å². The molecule has 1 aromatic rings. The molecule has 86 valence electrons. The number of carbonyl (C=O) groups excluding carboxylic acids is 1. The molecule has 0 atom stereocenters. The fraction of sp³-hybridized carbons (Fsp3) is 0.182. The molecule has 0 amide bonds. The van der Waals surface area contributed by atoms with Crippen molar-refractivity contribution in [1.82, 2.24) is 0 Å². The van der Waals surface area contributed by atoms with Crippen molar-refractivity contribution in [1.29, 1.82) is 0 Å². The lowest BCUT2D eigenvalue weighted by molar-refractivity contribution is -0.137. The predicted octanol–water partition coefficient (Wildman–Crippen LogP) is 2.38. The Labute approximate surface area is 98.6 Å². The summed E-state index contributed by atoms with van der Waals surface area (Å²) in [5.74, 6) is -0.0278. The molecule has 0 aromatic heterocycles. The van der Waals surface area contributed by atoms with Gasteiger partial charge in [-0.3, -0.25) is 0 Å². The summed E-state index contributed by atoms with van der Waals surface area (Å²) in [6, 6.07) is 4.83. The number of halogens is 1. The fourth-order valence-electron chi connectivity index (χ4n) is 0.980. The normalized spacial score (nSPS) is 10.4. The van der Waals surface area contributed by atoms with Crippen molar-refractivity contribution in [3.05, 3.63) is 35.6 Å². The first-order valence-electron chi connectivity index (χ1n) is 4.68. The van der Waals surface area contributed by atoms with Crippen molar-refractivity contribution in [2.45, 2.75) is 6.92 Å². The number of nitrogens with two attached hydrogens (primary N) is 1. The quantitative estimate of drug-likeness (QED) is 0.381. The minimum absolute atomic E-state index is 0.326. The van der Waals surface area contributed by atoms with Crippen LogP contribution in [0.5, 0.6) is 5.75 Å². The van der Waals surface area contributed by atoms with Gasteiger partial charge in [0.25, 0.3) is 0 Å². The molecule has 0 unspecified atom stereocenters. The smallest absolute Gasteiger partial charge is 0.333 e. The largest absolute Gasteiger partial charge is 0.463 e. The van der Waals surface area contributed by atoms with E-state index in [-0.39, 0.29) is 0 Å². The minimum atomic E-state index is -0.463. The maximum absolute atomic E-state index is 10.9. The molecule has 2 N–H and O–H groups in total. The van der Waals surface area contributed by atoms with Crippen LogP contribution in [0.2, 0.25) is 5.02 Å². The molecule has 0 heterocycles. The molecule has 16 heavy (non-hydrogen) atoms. The van der Waals surface area contributed by atoms with Crippen molar-refractivity contribution in [3.63, 3.8) is 0 Å². The lowest BCUT2D eigenvalue weighted by Gasteiger charge is -2.04. The lowest BCUT2D eigenvalue weighted by Crippen LogP contribution is -2.00. The second-order valence-electron chi connectivity index (χ2n) is 2.85. The molecule has 0 bridgehead atoms. The van der Waals surface area contributed by atoms with Crippen LogP contribution in [0.3, 0.4) is 0 Å². The summed E-state index contributed by atoms with van der Waals surface area (Å²) in [5, 5.41) is 0.527. The summed E-state index contributed by atoms with van der Waals surface area (Å²) in [4.78, 5) is 10.9. The number of nitrogen functional groups attached to an aromatic ring is 1. The van der Waals surface area contributed by atoms with Crippen LogP contribution in [0.1, 0.15) is 6.92 Å². The molecule has 0 aliphatic rings. The number of carbonyl (C=O) groups is 1. The van der Waals surface area contributed by atoms with Gasteiger partial charge in [-0.1, -0.05) is 11.6 Å². The zero-order chi connectivity index (χ0) is 12.0. The summed E-state index contributed by atoms with van der Waals surface area (Å²) >= 11 is 5.71. The van der Waals surface area contributed by atoms with Crippen LogP contribution in [0.15, 0.2) is 30.5 Å². The Hall–Kier alpha value is -1.68. The highest BCUT2D eigenvalue weighted by Crippen LogP contribution is 2.24. The van der Waals surface area contributed by atoms with Gasteiger partial charge >= 0.3 is 5.97 Å². The van der Waals surface area contributed by atoms with Gasteiger partial charge in [0.2, 0.25) is 0 Å². The van der Waals surface area contributed by atoms with Crippen LogP contribution in [-0.2, 0) is 9.53 Å². The van der Waals surface area contributed by atoms with Gasteiger partial charge in [-0.25, -0.2) is 4.79 Å². The highest BCUT2D eigenvalue weighted by molar-refractivity contribution is 6.30. The standard InChI is InChI=1S/C11H12ClNO3/c1-2-15-11(14)5-6-16-10-4-3-8(12)7-9(10)13/h3-7H,2,13H2,1H3/b6-5+. The van der Waals surface area contributed by atoms with Crippen LogP contribution in [0.4, 0.5) is 5.69 Å². The first-order chi connectivity index (χ1) is 7.63. The third-order valence-corrected chi connectivity index (χ3v) is 1.89. The van der Waals surface area contributed by atoms with E-state index in [0.29, 0.717) is 23.1 Å². The first kappa shape index (κ1) is 12.4. The van der Waals surface area contributed by atoms with Crippen molar-refractivity contribution < 1.29 is 14.3 Å². The van der Waals surface area contributed by atoms with E-state index < -0.39 is 5.97 Å². The van der Waals surface area contributed by atoms with Crippen LogP contribution in [-0.4, -0.2) is 12.6 Å². The molecule has 0 saturated heterocycles. The number of hydrogen-bond donors (Lipinski definition) is 1. The number of anilines is 1. The topological polar surface area (TPSA) is 61.5 Å². The first-order valence-corrected chi connectivity index (χ1v) is 5.06. The van der Waals surface area contributed by atoms with E-state index in [0.717, 1.165) is 0 Å². The molecule has 0 saturated carbocycles. The Morgan fingerprint density at radius 3 is 2.94 bits per heavy atom. The highest BCUT2D eigenvalue weighted by atomic mass is 35.5. The monoisotopic (exact) mass is 241 g/mol. The highest BCUT2D eigenvalue weighted by Gasteiger charge is 2.00. The molecule has 0 spiro atoms. The number of benzene rings is 1. The molecule has 5 heteroatoms. The van der Waals surface area contributed by atoms with Crippen LogP contribution in [0, 0.1) is 0 Å². The average Bonchev–Trinajstić information content (AvgIpc) is 2.22. The van der Waals surface area contributed by atoms with Gasteiger partial charge in [0, 0.05) is 5.02 Å². The van der Waals surface area contributed by atoms with Gasteiger partial charge in [-0.2, -0.15) is 0 Å². The van der Waals surface area contributed by atoms with Crippen LogP contribution < -0.4 is 10.5 Å². The van der Waals surface area contributed by atoms with E-state index in [1.165, 1.54) is 12.3 Å². The maximum Gasteiger partial charge on any atom is 0.333 e. The second kappa shape index (κ2) is 6.02. The zero-order valence-corrected chi connectivity index (χ0v) is 9.53. The van der Waals surface area contributed by atoms with Crippen molar-refractivity contribution >= 4 is 23.3 Å². The van der Waals surface area contributed by atoms with Gasteiger partial charge in [-0.05, 0) is 25.1 Å². The molecular weight excluding hydrogens is 230 g/mol. The van der Waals surface area contributed by atoms with E-state index in [4.69, 9.17) is 22.1 Å². The third-order valence-electron chi connectivity index (χ3n) is 1.66. The van der Waals surface area contributed by atoms with Gasteiger partial charge in [0.1, 0.15) is 5.75 Å². The van der Waals surface area contributed by atoms with E-state index >= 15 is 0 Å². The van der Waals surface area contributed by atoms with Crippen molar-refractivity contribution in [3.8, 4) is 5.75 Å². The fourth-order valence-corrected chi connectivity index (χ4v) is 1.16. The average molecular weight is 242 g/mol. The molecule has 0 aliphatic carbocycles. The van der Waals surface area contributed by atoms with E-state index in [1.54, 1.807) is 25.1 Å². The van der Waals surface area contributed by atoms with E-state index in [9.17, 15) is 4.79 Å². The SMILES string of the molecule is CCOC(=O)/C=C/Oc1ccc(Cl)cc1N. The number of esters is 1. The lowest BCUT2D eigenvalue weighted by atomic mass is 10.3. The van der Waals surface area contributed by atoms with E-state index in [2.05, 4.69) is 4.74 Å². The number of hydrogen-bond acceptors (Lipinski definition) is 4. The van der Waals surface area contributed by atoms with Crippen molar-refractivity contribution in [2.75, 3.05) is 12.3 Å². The van der Waals surface area contributed by atoms with Crippen molar-refractivity contribution in [2.24, 2.45) is 0 Å². The summed E-state index contributed by atoms with van der Waals surface area (Å²) in [5.41, 5.74) is 6.04. The maximum atomic E-state index is 10.9. The Bertz CT molecular complexity index is 404. The van der Waals surface area contributed by atoms with Gasteiger partial charge in [0.05, 0.1) is 24.6 Å². The number of ether oxygens (including phenoxy) is 2. The number of rotatable bonds is 4. The molecule has 4 nitrogen and oxygen atoms in total. The summed E-state index contributed by atoms with van der Waals surface area (Å²) < 4.78 is 9.81. The molecule has 0 aliphatic heterocycles. The van der Waals surface area contributed by atoms with Crippen LogP contribution >= 0.6 is 11.6 Å². The second-order valence-corrected chi connectivity index (χ2v) is 3.29. The molecule has 0 fully saturated rings. The van der Waals surface area contributed by atoms with Gasteiger partial charge < -0.3 is 15.2 Å². The van der Waals surface area contributed by atoms with E-state index in [1.807, 2.05) is 0 Å². The Morgan fingerprint density at radius 1 is 1.56 bits per heavy atom. The predicted molar refractivity (Wildman–Crippen MR) is 62.3 cm³/mol. The molecule has 1 aromatic carbocycles. The summed E-state index contributed by atoms with van der Waals surface area (Å²) in [7, 11) is 0. The molecular formula is C11H12ClNO3. The Morgan fingerprint density at radius 2 is 2.31 bits per heavy atom. The summed E-state index contributed by atoms with van der Waals surface area (Å²) in [6.45, 7) is 2.05. The van der Waals surface area contributed by atoms with Gasteiger partial charge in [-0.15, -0.1) is 0 Å². The minimum Gasteiger partial charge on any atom is -0.463 e. The van der Waals surface area contributed by atoms with Gasteiger partial charge in [0.15, 0.2) is 0 Å².